The molecule has 5 heteroatoms. The van der Waals surface area contributed by atoms with E-state index in [0.29, 0.717) is 0 Å². The molecule has 0 unspecified atom stereocenters. The fourth-order valence-electron chi connectivity index (χ4n) is 1.93. The molecule has 0 aliphatic heterocycles. The Morgan fingerprint density at radius 3 is 2.94 bits per heavy atom. The first-order chi connectivity index (χ1) is 8.69. The minimum Gasteiger partial charge on any atom is -0.311 e. The van der Waals surface area contributed by atoms with Gasteiger partial charge in [-0.15, -0.1) is 11.3 Å². The summed E-state index contributed by atoms with van der Waals surface area (Å²) in [6.07, 6.45) is 1.08. The number of aromatic nitrogens is 2. The fraction of sp³-hybridized carbons (Fsp3) is 0.462. The Balaban J connectivity index is 1.78. The van der Waals surface area contributed by atoms with Gasteiger partial charge in [-0.25, -0.2) is 0 Å². The predicted octanol–water partition coefficient (Wildman–Crippen LogP) is 3.37. The molecule has 0 fully saturated rings. The number of nitrogens with one attached hydrogen (secondary N) is 1. The summed E-state index contributed by atoms with van der Waals surface area (Å²) in [6.45, 7) is 6.99. The van der Waals surface area contributed by atoms with Crippen LogP contribution in [0.3, 0.4) is 0 Å². The lowest BCUT2D eigenvalue weighted by Crippen LogP contribution is -2.18. The molecule has 18 heavy (non-hydrogen) atoms. The van der Waals surface area contributed by atoms with Gasteiger partial charge in [-0.2, -0.15) is 5.10 Å². The molecule has 0 saturated carbocycles. The van der Waals surface area contributed by atoms with Crippen molar-refractivity contribution in [3.63, 3.8) is 0 Å². The average Bonchev–Trinajstić information content (AvgIpc) is 2.91. The lowest BCUT2D eigenvalue weighted by atomic mass is 10.3. The van der Waals surface area contributed by atoms with Crippen molar-refractivity contribution in [1.82, 2.24) is 15.1 Å². The van der Waals surface area contributed by atoms with E-state index in [4.69, 9.17) is 0 Å². The Bertz CT molecular complexity index is 504. The predicted molar refractivity (Wildman–Crippen MR) is 80.1 cm³/mol. The standard InChI is InChI=1S/C13H18BrN3S/c1-3-17-11(8-10(2)16-17)9-15-7-6-12-4-5-13(14)18-12/h4-5,8,15H,3,6-7,9H2,1-2H3. The summed E-state index contributed by atoms with van der Waals surface area (Å²) >= 11 is 5.29. The maximum absolute atomic E-state index is 4.44. The molecule has 0 radical (unpaired) electrons. The Morgan fingerprint density at radius 1 is 1.44 bits per heavy atom. The highest BCUT2D eigenvalue weighted by atomic mass is 79.9. The van der Waals surface area contributed by atoms with Crippen molar-refractivity contribution in [3.8, 4) is 0 Å². The molecule has 0 aromatic carbocycles. The van der Waals surface area contributed by atoms with Gasteiger partial charge in [-0.3, -0.25) is 4.68 Å². The van der Waals surface area contributed by atoms with Crippen LogP contribution in [-0.4, -0.2) is 16.3 Å². The van der Waals surface area contributed by atoms with E-state index in [9.17, 15) is 0 Å². The summed E-state index contributed by atoms with van der Waals surface area (Å²) < 4.78 is 3.27. The molecule has 98 valence electrons. The lowest BCUT2D eigenvalue weighted by Gasteiger charge is -2.05. The van der Waals surface area contributed by atoms with E-state index in [2.05, 4.69) is 56.2 Å². The van der Waals surface area contributed by atoms with Crippen LogP contribution in [0.15, 0.2) is 22.0 Å². The van der Waals surface area contributed by atoms with Crippen LogP contribution in [0.2, 0.25) is 0 Å². The highest BCUT2D eigenvalue weighted by molar-refractivity contribution is 9.11. The molecular formula is C13H18BrN3S. The van der Waals surface area contributed by atoms with E-state index in [-0.39, 0.29) is 0 Å². The van der Waals surface area contributed by atoms with Gasteiger partial charge in [0.2, 0.25) is 0 Å². The molecule has 3 nitrogen and oxygen atoms in total. The summed E-state index contributed by atoms with van der Waals surface area (Å²) in [7, 11) is 0. The van der Waals surface area contributed by atoms with Crippen LogP contribution in [0, 0.1) is 6.92 Å². The third-order valence-electron chi connectivity index (χ3n) is 2.77. The molecule has 0 bridgehead atoms. The highest BCUT2D eigenvalue weighted by Crippen LogP contribution is 2.22. The maximum Gasteiger partial charge on any atom is 0.0701 e. The van der Waals surface area contributed by atoms with Crippen molar-refractivity contribution >= 4 is 27.3 Å². The quantitative estimate of drug-likeness (QED) is 0.824. The van der Waals surface area contributed by atoms with Crippen LogP contribution < -0.4 is 5.32 Å². The highest BCUT2D eigenvalue weighted by Gasteiger charge is 2.03. The Kier molecular flexibility index (Phi) is 4.97. The SMILES string of the molecule is CCn1nc(C)cc1CNCCc1ccc(Br)s1. The summed E-state index contributed by atoms with van der Waals surface area (Å²) in [5.74, 6) is 0. The molecule has 0 atom stereocenters. The number of halogens is 1. The molecule has 2 heterocycles. The third-order valence-corrected chi connectivity index (χ3v) is 4.45. The summed E-state index contributed by atoms with van der Waals surface area (Å²) in [6, 6.07) is 6.44. The molecular weight excluding hydrogens is 310 g/mol. The Morgan fingerprint density at radius 2 is 2.28 bits per heavy atom. The number of rotatable bonds is 6. The average molecular weight is 328 g/mol. The summed E-state index contributed by atoms with van der Waals surface area (Å²) in [5.41, 5.74) is 2.36. The van der Waals surface area contributed by atoms with E-state index in [1.54, 1.807) is 11.3 Å². The molecule has 2 aromatic rings. The fourth-order valence-corrected chi connectivity index (χ4v) is 3.41. The van der Waals surface area contributed by atoms with Gasteiger partial charge in [-0.05, 0) is 54.4 Å². The van der Waals surface area contributed by atoms with Gasteiger partial charge in [0.05, 0.1) is 15.2 Å². The summed E-state index contributed by atoms with van der Waals surface area (Å²) in [4.78, 5) is 1.41. The van der Waals surface area contributed by atoms with E-state index >= 15 is 0 Å². The van der Waals surface area contributed by atoms with Crippen molar-refractivity contribution in [1.29, 1.82) is 0 Å². The van der Waals surface area contributed by atoms with Crippen LogP contribution in [-0.2, 0) is 19.5 Å². The minimum atomic E-state index is 0.890. The molecule has 0 saturated heterocycles. The number of nitrogens with zero attached hydrogens (tertiary/aromatic N) is 2. The van der Waals surface area contributed by atoms with Crippen LogP contribution in [0.5, 0.6) is 0 Å². The second-order valence-corrected chi connectivity index (χ2v) is 6.77. The van der Waals surface area contributed by atoms with Gasteiger partial charge in [0.15, 0.2) is 0 Å². The van der Waals surface area contributed by atoms with Crippen LogP contribution in [0.25, 0.3) is 0 Å². The maximum atomic E-state index is 4.44. The van der Waals surface area contributed by atoms with Gasteiger partial charge >= 0.3 is 0 Å². The van der Waals surface area contributed by atoms with Crippen molar-refractivity contribution < 1.29 is 0 Å². The Hall–Kier alpha value is -0.650. The zero-order valence-corrected chi connectivity index (χ0v) is 13.1. The Labute approximate surface area is 120 Å². The molecule has 0 aliphatic rings. The van der Waals surface area contributed by atoms with Crippen LogP contribution >= 0.6 is 27.3 Å². The van der Waals surface area contributed by atoms with Crippen molar-refractivity contribution in [2.45, 2.75) is 33.4 Å². The van der Waals surface area contributed by atoms with Gasteiger partial charge < -0.3 is 5.32 Å². The number of aryl methyl sites for hydroxylation is 2. The van der Waals surface area contributed by atoms with Crippen LogP contribution in [0.1, 0.15) is 23.2 Å². The molecule has 0 aliphatic carbocycles. The first kappa shape index (κ1) is 13.8. The third kappa shape index (κ3) is 3.67. The van der Waals surface area contributed by atoms with E-state index in [1.807, 2.05) is 6.92 Å². The van der Waals surface area contributed by atoms with Crippen molar-refractivity contribution in [3.05, 3.63) is 38.3 Å². The molecule has 1 N–H and O–H groups in total. The van der Waals surface area contributed by atoms with Crippen molar-refractivity contribution in [2.75, 3.05) is 6.54 Å². The first-order valence-electron chi connectivity index (χ1n) is 6.17. The van der Waals surface area contributed by atoms with Gasteiger partial charge in [0.1, 0.15) is 0 Å². The van der Waals surface area contributed by atoms with Gasteiger partial charge in [0, 0.05) is 24.5 Å². The number of hydrogen-bond acceptors (Lipinski definition) is 3. The van der Waals surface area contributed by atoms with Crippen molar-refractivity contribution in [2.24, 2.45) is 0 Å². The second-order valence-electron chi connectivity index (χ2n) is 4.23. The molecule has 0 amide bonds. The minimum absolute atomic E-state index is 0.890. The molecule has 2 aromatic heterocycles. The molecule has 2 rings (SSSR count). The van der Waals surface area contributed by atoms with Gasteiger partial charge in [-0.1, -0.05) is 0 Å². The summed E-state index contributed by atoms with van der Waals surface area (Å²) in [5, 5.41) is 7.92. The van der Waals surface area contributed by atoms with E-state index in [0.717, 1.165) is 31.7 Å². The van der Waals surface area contributed by atoms with E-state index < -0.39 is 0 Å². The number of thiophene rings is 1. The topological polar surface area (TPSA) is 29.9 Å². The number of hydrogen-bond donors (Lipinski definition) is 1. The zero-order valence-electron chi connectivity index (χ0n) is 10.7. The second kappa shape index (κ2) is 6.50. The smallest absolute Gasteiger partial charge is 0.0701 e. The van der Waals surface area contributed by atoms with Gasteiger partial charge in [0.25, 0.3) is 0 Å². The monoisotopic (exact) mass is 327 g/mol. The largest absolute Gasteiger partial charge is 0.311 e. The van der Waals surface area contributed by atoms with Crippen LogP contribution in [0.4, 0.5) is 0 Å². The molecule has 0 spiro atoms. The lowest BCUT2D eigenvalue weighted by molar-refractivity contribution is 0.580. The first-order valence-corrected chi connectivity index (χ1v) is 7.78. The zero-order chi connectivity index (χ0) is 13.0. The van der Waals surface area contributed by atoms with E-state index in [1.165, 1.54) is 14.4 Å². The normalized spacial score (nSPS) is 11.1.